The van der Waals surface area contributed by atoms with E-state index in [0.717, 1.165) is 16.8 Å². The maximum absolute atomic E-state index is 12.1. The first-order valence-electron chi connectivity index (χ1n) is 6.44. The molecule has 5 nitrogen and oxygen atoms in total. The first kappa shape index (κ1) is 13.5. The van der Waals surface area contributed by atoms with Crippen molar-refractivity contribution in [1.29, 1.82) is 0 Å². The van der Waals surface area contributed by atoms with Gasteiger partial charge in [0.25, 0.3) is 5.91 Å². The Balaban J connectivity index is 1.76. The summed E-state index contributed by atoms with van der Waals surface area (Å²) >= 11 is 1.42. The molecule has 0 unspecified atom stereocenters. The molecule has 0 aliphatic carbocycles. The molecule has 2 heterocycles. The van der Waals surface area contributed by atoms with E-state index in [2.05, 4.69) is 15.4 Å². The molecule has 0 bridgehead atoms. The maximum atomic E-state index is 12.1. The number of carbonyl (C=O) groups is 1. The summed E-state index contributed by atoms with van der Waals surface area (Å²) < 4.78 is 1.75. The summed E-state index contributed by atoms with van der Waals surface area (Å²) in [5, 5.41) is 9.46. The van der Waals surface area contributed by atoms with Crippen LogP contribution < -0.4 is 5.32 Å². The number of nitrogens with zero attached hydrogens (tertiary/aromatic N) is 3. The number of amides is 1. The van der Waals surface area contributed by atoms with Crippen molar-refractivity contribution in [2.75, 3.05) is 5.32 Å². The van der Waals surface area contributed by atoms with Gasteiger partial charge in [-0.05, 0) is 24.6 Å². The quantitative estimate of drug-likeness (QED) is 0.808. The zero-order valence-electron chi connectivity index (χ0n) is 11.7. The van der Waals surface area contributed by atoms with Gasteiger partial charge in [-0.15, -0.1) is 11.3 Å². The van der Waals surface area contributed by atoms with Crippen molar-refractivity contribution >= 4 is 22.4 Å². The van der Waals surface area contributed by atoms with Crippen molar-refractivity contribution in [1.82, 2.24) is 14.8 Å². The number of thiazole rings is 1. The smallest absolute Gasteiger partial charge is 0.257 e. The number of rotatable bonds is 3. The molecule has 2 aromatic heterocycles. The summed E-state index contributed by atoms with van der Waals surface area (Å²) in [7, 11) is 1.88. The lowest BCUT2D eigenvalue weighted by Gasteiger charge is -2.03. The van der Waals surface area contributed by atoms with Gasteiger partial charge in [0.1, 0.15) is 0 Å². The summed E-state index contributed by atoms with van der Waals surface area (Å²) in [6.45, 7) is 1.90. The number of nitrogens with one attached hydrogen (secondary N) is 1. The van der Waals surface area contributed by atoms with Crippen molar-refractivity contribution in [3.8, 4) is 11.1 Å². The third-order valence-electron chi connectivity index (χ3n) is 3.02. The van der Waals surface area contributed by atoms with Gasteiger partial charge in [0, 0.05) is 29.8 Å². The molecular weight excluding hydrogens is 284 g/mol. The fraction of sp³-hybridized carbons (Fsp3) is 0.133. The third kappa shape index (κ3) is 3.00. The Morgan fingerprint density at radius 1 is 1.24 bits per heavy atom. The van der Waals surface area contributed by atoms with E-state index in [9.17, 15) is 4.79 Å². The van der Waals surface area contributed by atoms with E-state index in [4.69, 9.17) is 0 Å². The number of hydrogen-bond acceptors (Lipinski definition) is 4. The normalized spacial score (nSPS) is 10.6. The molecule has 0 aliphatic rings. The van der Waals surface area contributed by atoms with Gasteiger partial charge >= 0.3 is 0 Å². The predicted octanol–water partition coefficient (Wildman–Crippen LogP) is 3.10. The number of aryl methyl sites for hydroxylation is 2. The lowest BCUT2D eigenvalue weighted by molar-refractivity contribution is 0.102. The number of aromatic nitrogens is 3. The van der Waals surface area contributed by atoms with Crippen LogP contribution in [0.4, 0.5) is 5.13 Å². The minimum absolute atomic E-state index is 0.151. The lowest BCUT2D eigenvalue weighted by atomic mass is 10.1. The number of anilines is 1. The van der Waals surface area contributed by atoms with Crippen molar-refractivity contribution in [2.45, 2.75) is 6.92 Å². The van der Waals surface area contributed by atoms with Crippen molar-refractivity contribution < 1.29 is 4.79 Å². The van der Waals surface area contributed by atoms with Crippen LogP contribution >= 0.6 is 11.3 Å². The zero-order valence-corrected chi connectivity index (χ0v) is 12.5. The second-order valence-electron chi connectivity index (χ2n) is 4.73. The Morgan fingerprint density at radius 2 is 2.00 bits per heavy atom. The first-order valence-corrected chi connectivity index (χ1v) is 7.32. The minimum atomic E-state index is -0.151. The summed E-state index contributed by atoms with van der Waals surface area (Å²) in [6, 6.07) is 7.44. The molecule has 0 aliphatic heterocycles. The van der Waals surface area contributed by atoms with Gasteiger partial charge in [-0.3, -0.25) is 14.8 Å². The Kier molecular flexibility index (Phi) is 3.53. The summed E-state index contributed by atoms with van der Waals surface area (Å²) in [6.07, 6.45) is 3.74. The number of benzene rings is 1. The summed E-state index contributed by atoms with van der Waals surface area (Å²) in [5.74, 6) is -0.151. The minimum Gasteiger partial charge on any atom is -0.298 e. The monoisotopic (exact) mass is 298 g/mol. The molecule has 0 spiro atoms. The molecule has 106 valence electrons. The second-order valence-corrected chi connectivity index (χ2v) is 5.59. The van der Waals surface area contributed by atoms with E-state index in [1.54, 1.807) is 23.0 Å². The molecule has 0 atom stereocenters. The first-order chi connectivity index (χ1) is 10.1. The third-order valence-corrected chi connectivity index (χ3v) is 3.90. The van der Waals surface area contributed by atoms with Gasteiger partial charge in [-0.2, -0.15) is 5.10 Å². The van der Waals surface area contributed by atoms with Gasteiger partial charge in [0.15, 0.2) is 5.13 Å². The van der Waals surface area contributed by atoms with Crippen LogP contribution in [0.25, 0.3) is 11.1 Å². The molecule has 0 saturated carbocycles. The SMILES string of the molecule is Cc1csc(NC(=O)c2ccc(-c3cnn(C)c3)cc2)n1. The van der Waals surface area contributed by atoms with E-state index >= 15 is 0 Å². The van der Waals surface area contributed by atoms with Gasteiger partial charge in [0.2, 0.25) is 0 Å². The molecule has 21 heavy (non-hydrogen) atoms. The average molecular weight is 298 g/mol. The van der Waals surface area contributed by atoms with Gasteiger partial charge in [-0.25, -0.2) is 4.98 Å². The number of hydrogen-bond donors (Lipinski definition) is 1. The van der Waals surface area contributed by atoms with E-state index in [1.807, 2.05) is 37.7 Å². The van der Waals surface area contributed by atoms with Crippen molar-refractivity contribution in [2.24, 2.45) is 7.05 Å². The van der Waals surface area contributed by atoms with Crippen LogP contribution in [-0.2, 0) is 7.05 Å². The van der Waals surface area contributed by atoms with Crippen LogP contribution in [0.15, 0.2) is 42.0 Å². The van der Waals surface area contributed by atoms with Gasteiger partial charge < -0.3 is 0 Å². The fourth-order valence-corrected chi connectivity index (χ4v) is 2.65. The van der Waals surface area contributed by atoms with Crippen LogP contribution in [0.2, 0.25) is 0 Å². The van der Waals surface area contributed by atoms with E-state index in [0.29, 0.717) is 10.7 Å². The van der Waals surface area contributed by atoms with E-state index < -0.39 is 0 Å². The lowest BCUT2D eigenvalue weighted by Crippen LogP contribution is -2.11. The molecule has 1 amide bonds. The van der Waals surface area contributed by atoms with Crippen LogP contribution in [0, 0.1) is 6.92 Å². The standard InChI is InChI=1S/C15H14N4OS/c1-10-9-21-15(17-10)18-14(20)12-5-3-11(4-6-12)13-7-16-19(2)8-13/h3-9H,1-2H3,(H,17,18,20). The predicted molar refractivity (Wildman–Crippen MR) is 83.4 cm³/mol. The fourth-order valence-electron chi connectivity index (χ4n) is 1.97. The van der Waals surface area contributed by atoms with Crippen LogP contribution in [-0.4, -0.2) is 20.7 Å². The Labute approximate surface area is 126 Å². The van der Waals surface area contributed by atoms with Crippen LogP contribution in [0.1, 0.15) is 16.1 Å². The molecule has 0 fully saturated rings. The van der Waals surface area contributed by atoms with Crippen LogP contribution in [0.5, 0.6) is 0 Å². The molecule has 1 N–H and O–H groups in total. The molecular formula is C15H14N4OS. The topological polar surface area (TPSA) is 59.8 Å². The summed E-state index contributed by atoms with van der Waals surface area (Å²) in [4.78, 5) is 16.3. The van der Waals surface area contributed by atoms with Gasteiger partial charge in [-0.1, -0.05) is 12.1 Å². The zero-order chi connectivity index (χ0) is 14.8. The number of carbonyl (C=O) groups excluding carboxylic acids is 1. The molecule has 0 saturated heterocycles. The van der Waals surface area contributed by atoms with Crippen molar-refractivity contribution in [3.63, 3.8) is 0 Å². The van der Waals surface area contributed by atoms with E-state index in [-0.39, 0.29) is 5.91 Å². The van der Waals surface area contributed by atoms with Crippen LogP contribution in [0.3, 0.4) is 0 Å². The molecule has 3 aromatic rings. The highest BCUT2D eigenvalue weighted by atomic mass is 32.1. The second kappa shape index (κ2) is 5.49. The Bertz CT molecular complexity index is 773. The van der Waals surface area contributed by atoms with E-state index in [1.165, 1.54) is 11.3 Å². The summed E-state index contributed by atoms with van der Waals surface area (Å²) in [5.41, 5.74) is 3.57. The molecule has 6 heteroatoms. The highest BCUT2D eigenvalue weighted by Gasteiger charge is 2.09. The Hall–Kier alpha value is -2.47. The molecule has 3 rings (SSSR count). The average Bonchev–Trinajstić information content (AvgIpc) is 3.08. The van der Waals surface area contributed by atoms with Crippen molar-refractivity contribution in [3.05, 3.63) is 53.3 Å². The Morgan fingerprint density at radius 3 is 2.57 bits per heavy atom. The molecule has 0 radical (unpaired) electrons. The highest BCUT2D eigenvalue weighted by Crippen LogP contribution is 2.20. The highest BCUT2D eigenvalue weighted by molar-refractivity contribution is 7.13. The maximum Gasteiger partial charge on any atom is 0.257 e. The largest absolute Gasteiger partial charge is 0.298 e. The molecule has 1 aromatic carbocycles. The van der Waals surface area contributed by atoms with Gasteiger partial charge in [0.05, 0.1) is 11.9 Å².